The van der Waals surface area contributed by atoms with Gasteiger partial charge in [0.1, 0.15) is 10.8 Å². The molecule has 0 spiro atoms. The molecule has 0 saturated heterocycles. The van der Waals surface area contributed by atoms with Crippen molar-refractivity contribution in [2.75, 3.05) is 19.0 Å². The smallest absolute Gasteiger partial charge is 0.205 e. The van der Waals surface area contributed by atoms with E-state index in [-0.39, 0.29) is 0 Å². The van der Waals surface area contributed by atoms with Gasteiger partial charge in [-0.05, 0) is 25.0 Å². The highest BCUT2D eigenvalue weighted by Crippen LogP contribution is 2.26. The predicted octanol–water partition coefficient (Wildman–Crippen LogP) is 4.29. The number of halogens is 2. The van der Waals surface area contributed by atoms with Crippen LogP contribution in [0.1, 0.15) is 17.8 Å². The molecule has 1 N–H and O–H groups in total. The van der Waals surface area contributed by atoms with Crippen molar-refractivity contribution in [2.24, 2.45) is 0 Å². The fraction of sp³-hybridized carbons (Fsp3) is 0.385. The first-order chi connectivity index (χ1) is 9.69. The maximum Gasteiger partial charge on any atom is 0.205 e. The first-order valence-electron chi connectivity index (χ1n) is 6.27. The standard InChI is InChI=1S/C13H15Cl2N3OS/c1-16-13-18-17-12(20-13)4-2-3-7-19-9-5-6-10(14)11(15)8-9/h5-6,8H,2-4,7H2,1H3,(H,16,18). The Kier molecular flexibility index (Phi) is 5.88. The molecule has 0 bridgehead atoms. The van der Waals surface area contributed by atoms with Gasteiger partial charge in [-0.15, -0.1) is 10.2 Å². The summed E-state index contributed by atoms with van der Waals surface area (Å²) in [5.74, 6) is 0.743. The van der Waals surface area contributed by atoms with Crippen LogP contribution in [-0.2, 0) is 6.42 Å². The Labute approximate surface area is 132 Å². The van der Waals surface area contributed by atoms with E-state index in [0.717, 1.165) is 35.2 Å². The Morgan fingerprint density at radius 1 is 1.20 bits per heavy atom. The monoisotopic (exact) mass is 331 g/mol. The number of hydrogen-bond donors (Lipinski definition) is 1. The minimum absolute atomic E-state index is 0.512. The quantitative estimate of drug-likeness (QED) is 0.769. The van der Waals surface area contributed by atoms with E-state index < -0.39 is 0 Å². The fourth-order valence-corrected chi connectivity index (χ4v) is 2.61. The van der Waals surface area contributed by atoms with Gasteiger partial charge in [-0.2, -0.15) is 0 Å². The molecule has 0 aliphatic carbocycles. The zero-order chi connectivity index (χ0) is 14.4. The molecular weight excluding hydrogens is 317 g/mol. The molecule has 2 rings (SSSR count). The van der Waals surface area contributed by atoms with Crippen LogP contribution >= 0.6 is 34.5 Å². The Morgan fingerprint density at radius 2 is 2.05 bits per heavy atom. The summed E-state index contributed by atoms with van der Waals surface area (Å²) >= 11 is 13.3. The summed E-state index contributed by atoms with van der Waals surface area (Å²) in [4.78, 5) is 0. The van der Waals surface area contributed by atoms with Crippen molar-refractivity contribution in [1.29, 1.82) is 0 Å². The van der Waals surface area contributed by atoms with E-state index in [9.17, 15) is 0 Å². The molecular formula is C13H15Cl2N3OS. The van der Waals surface area contributed by atoms with Crippen molar-refractivity contribution in [3.63, 3.8) is 0 Å². The molecule has 0 atom stereocenters. The molecule has 0 aliphatic heterocycles. The number of nitrogens with one attached hydrogen (secondary N) is 1. The van der Waals surface area contributed by atoms with Crippen LogP contribution < -0.4 is 10.1 Å². The normalized spacial score (nSPS) is 10.6. The second kappa shape index (κ2) is 7.67. The number of ether oxygens (including phenoxy) is 1. The van der Waals surface area contributed by atoms with Gasteiger partial charge in [0.25, 0.3) is 0 Å². The Bertz CT molecular complexity index is 562. The van der Waals surface area contributed by atoms with Crippen LogP contribution in [0.15, 0.2) is 18.2 Å². The number of aryl methyl sites for hydroxylation is 1. The third-order valence-electron chi connectivity index (χ3n) is 2.63. The lowest BCUT2D eigenvalue weighted by molar-refractivity contribution is 0.307. The lowest BCUT2D eigenvalue weighted by Crippen LogP contribution is -1.98. The number of rotatable bonds is 7. The lowest BCUT2D eigenvalue weighted by Gasteiger charge is -2.06. The van der Waals surface area contributed by atoms with Crippen LogP contribution in [0.4, 0.5) is 5.13 Å². The van der Waals surface area contributed by atoms with Crippen molar-refractivity contribution in [2.45, 2.75) is 19.3 Å². The topological polar surface area (TPSA) is 47.0 Å². The van der Waals surface area contributed by atoms with E-state index in [4.69, 9.17) is 27.9 Å². The molecule has 1 heterocycles. The maximum absolute atomic E-state index is 5.92. The number of nitrogens with zero attached hydrogens (tertiary/aromatic N) is 2. The SMILES string of the molecule is CNc1nnc(CCCCOc2ccc(Cl)c(Cl)c2)s1. The predicted molar refractivity (Wildman–Crippen MR) is 84.4 cm³/mol. The number of unbranched alkanes of at least 4 members (excludes halogenated alkanes) is 1. The van der Waals surface area contributed by atoms with Crippen LogP contribution in [0, 0.1) is 0 Å². The summed E-state index contributed by atoms with van der Waals surface area (Å²) in [5, 5.41) is 14.0. The van der Waals surface area contributed by atoms with Gasteiger partial charge in [0, 0.05) is 19.5 Å². The third kappa shape index (κ3) is 4.51. The average Bonchev–Trinajstić information content (AvgIpc) is 2.90. The molecule has 0 amide bonds. The average molecular weight is 332 g/mol. The largest absolute Gasteiger partial charge is 0.494 e. The second-order valence-corrected chi connectivity index (χ2v) is 6.01. The molecule has 2 aromatic rings. The summed E-state index contributed by atoms with van der Waals surface area (Å²) in [6.07, 6.45) is 2.89. The number of anilines is 1. The summed E-state index contributed by atoms with van der Waals surface area (Å²) in [6, 6.07) is 5.28. The lowest BCUT2D eigenvalue weighted by atomic mass is 10.2. The van der Waals surface area contributed by atoms with Gasteiger partial charge >= 0.3 is 0 Å². The minimum Gasteiger partial charge on any atom is -0.494 e. The second-order valence-electron chi connectivity index (χ2n) is 4.13. The summed E-state index contributed by atoms with van der Waals surface area (Å²) < 4.78 is 5.62. The van der Waals surface area contributed by atoms with Gasteiger partial charge in [-0.3, -0.25) is 0 Å². The van der Waals surface area contributed by atoms with Crippen LogP contribution in [0.3, 0.4) is 0 Å². The fourth-order valence-electron chi connectivity index (χ4n) is 1.59. The van der Waals surface area contributed by atoms with Gasteiger partial charge in [-0.25, -0.2) is 0 Å². The van der Waals surface area contributed by atoms with Crippen LogP contribution in [0.25, 0.3) is 0 Å². The first kappa shape index (κ1) is 15.4. The summed E-state index contributed by atoms with van der Waals surface area (Å²) in [6.45, 7) is 0.648. The molecule has 1 aromatic carbocycles. The van der Waals surface area contributed by atoms with Crippen molar-refractivity contribution < 1.29 is 4.74 Å². The van der Waals surface area contributed by atoms with Gasteiger partial charge in [0.05, 0.1) is 16.7 Å². The van der Waals surface area contributed by atoms with Crippen LogP contribution in [0.5, 0.6) is 5.75 Å². The molecule has 108 valence electrons. The van der Waals surface area contributed by atoms with E-state index in [1.54, 1.807) is 23.5 Å². The number of benzene rings is 1. The number of hydrogen-bond acceptors (Lipinski definition) is 5. The Morgan fingerprint density at radius 3 is 2.75 bits per heavy atom. The van der Waals surface area contributed by atoms with Crippen molar-refractivity contribution in [3.05, 3.63) is 33.3 Å². The molecule has 0 fully saturated rings. The van der Waals surface area contributed by atoms with Crippen molar-refractivity contribution >= 4 is 39.7 Å². The highest BCUT2D eigenvalue weighted by molar-refractivity contribution is 7.15. The zero-order valence-corrected chi connectivity index (χ0v) is 13.4. The maximum atomic E-state index is 5.92. The molecule has 0 radical (unpaired) electrons. The minimum atomic E-state index is 0.512. The van der Waals surface area contributed by atoms with Gasteiger partial charge in [0.2, 0.25) is 5.13 Å². The first-order valence-corrected chi connectivity index (χ1v) is 7.84. The Hall–Kier alpha value is -1.04. The summed E-state index contributed by atoms with van der Waals surface area (Å²) in [7, 11) is 1.84. The molecule has 0 saturated carbocycles. The zero-order valence-electron chi connectivity index (χ0n) is 11.0. The molecule has 0 unspecified atom stereocenters. The van der Waals surface area contributed by atoms with E-state index in [1.807, 2.05) is 13.1 Å². The molecule has 4 nitrogen and oxygen atoms in total. The third-order valence-corrected chi connectivity index (χ3v) is 4.37. The van der Waals surface area contributed by atoms with E-state index in [1.165, 1.54) is 0 Å². The van der Waals surface area contributed by atoms with Crippen LogP contribution in [0.2, 0.25) is 10.0 Å². The highest BCUT2D eigenvalue weighted by atomic mass is 35.5. The van der Waals surface area contributed by atoms with E-state index >= 15 is 0 Å². The van der Waals surface area contributed by atoms with Crippen molar-refractivity contribution in [3.8, 4) is 5.75 Å². The Balaban J connectivity index is 1.67. The van der Waals surface area contributed by atoms with Gasteiger partial charge in [0.15, 0.2) is 0 Å². The molecule has 1 aromatic heterocycles. The van der Waals surface area contributed by atoms with E-state index in [2.05, 4.69) is 15.5 Å². The van der Waals surface area contributed by atoms with Gasteiger partial charge in [-0.1, -0.05) is 34.5 Å². The molecule has 0 aliphatic rings. The highest BCUT2D eigenvalue weighted by Gasteiger charge is 2.03. The van der Waals surface area contributed by atoms with Gasteiger partial charge < -0.3 is 10.1 Å². The molecule has 7 heteroatoms. The van der Waals surface area contributed by atoms with Crippen LogP contribution in [-0.4, -0.2) is 23.9 Å². The number of aromatic nitrogens is 2. The summed E-state index contributed by atoms with van der Waals surface area (Å²) in [5.41, 5.74) is 0. The van der Waals surface area contributed by atoms with Crippen molar-refractivity contribution in [1.82, 2.24) is 10.2 Å². The van der Waals surface area contributed by atoms with E-state index in [0.29, 0.717) is 16.7 Å². The molecule has 20 heavy (non-hydrogen) atoms.